The number of benzene rings is 1. The van der Waals surface area contributed by atoms with Crippen LogP contribution in [0.2, 0.25) is 0 Å². The number of rotatable bonds is 7. The third-order valence-corrected chi connectivity index (χ3v) is 7.93. The van der Waals surface area contributed by atoms with Crippen molar-refractivity contribution in [2.75, 3.05) is 39.3 Å². The minimum absolute atomic E-state index is 0.00250. The van der Waals surface area contributed by atoms with Crippen molar-refractivity contribution in [1.82, 2.24) is 20.0 Å². The van der Waals surface area contributed by atoms with Crippen LogP contribution < -0.4 is 5.32 Å². The topological polar surface area (TPSA) is 82.2 Å². The molecule has 2 aliphatic rings. The average Bonchev–Trinajstić information content (AvgIpc) is 3.40. The zero-order valence-corrected chi connectivity index (χ0v) is 23.1. The maximum absolute atomic E-state index is 13.4. The molecule has 0 aliphatic carbocycles. The van der Waals surface area contributed by atoms with E-state index < -0.39 is 12.0 Å². The molecule has 1 aromatic heterocycles. The Bertz CT molecular complexity index is 1190. The molecule has 0 saturated carbocycles. The number of aryl methyl sites for hydroxylation is 2. The van der Waals surface area contributed by atoms with Gasteiger partial charge < -0.3 is 15.0 Å². The molecule has 2 aliphatic heterocycles. The molecule has 3 amide bonds. The molecule has 1 N–H and O–H groups in total. The molecule has 2 aromatic rings. The number of esters is 1. The first kappa shape index (κ1) is 26.9. The summed E-state index contributed by atoms with van der Waals surface area (Å²) >= 11 is 1.45. The van der Waals surface area contributed by atoms with E-state index in [4.69, 9.17) is 4.74 Å². The van der Waals surface area contributed by atoms with Crippen molar-refractivity contribution in [2.24, 2.45) is 0 Å². The van der Waals surface area contributed by atoms with Gasteiger partial charge in [-0.25, -0.2) is 9.59 Å². The highest BCUT2D eigenvalue weighted by Gasteiger charge is 2.39. The summed E-state index contributed by atoms with van der Waals surface area (Å²) in [5.74, 6) is -0.364. The van der Waals surface area contributed by atoms with Crippen molar-refractivity contribution in [3.05, 3.63) is 68.5 Å². The van der Waals surface area contributed by atoms with Crippen LogP contribution in [0.1, 0.15) is 53.2 Å². The van der Waals surface area contributed by atoms with E-state index in [0.29, 0.717) is 44.0 Å². The minimum atomic E-state index is -0.594. The highest BCUT2D eigenvalue weighted by molar-refractivity contribution is 7.12. The van der Waals surface area contributed by atoms with Crippen LogP contribution in [0.5, 0.6) is 0 Å². The fourth-order valence-corrected chi connectivity index (χ4v) is 5.87. The van der Waals surface area contributed by atoms with Crippen molar-refractivity contribution in [3.63, 3.8) is 0 Å². The number of thiophene rings is 1. The maximum Gasteiger partial charge on any atom is 0.338 e. The van der Waals surface area contributed by atoms with Crippen molar-refractivity contribution >= 4 is 29.2 Å². The summed E-state index contributed by atoms with van der Waals surface area (Å²) in [5, 5.41) is 4.98. The number of hydrogen-bond donors (Lipinski definition) is 1. The SMILES string of the molecule is CCOC(=O)C1=C(CN2CCN(C(=O)c3cccs3)C(C)C2)N(CC)C(=O)NC1c1cc(C)ccc1C. The largest absolute Gasteiger partial charge is 0.463 e. The summed E-state index contributed by atoms with van der Waals surface area (Å²) in [5.41, 5.74) is 4.08. The number of likely N-dealkylation sites (N-methyl/N-ethyl adjacent to an activating group) is 1. The van der Waals surface area contributed by atoms with Gasteiger partial charge in [-0.2, -0.15) is 0 Å². The molecule has 4 rings (SSSR count). The number of piperazine rings is 1. The Morgan fingerprint density at radius 1 is 1.16 bits per heavy atom. The molecule has 37 heavy (non-hydrogen) atoms. The van der Waals surface area contributed by atoms with Gasteiger partial charge >= 0.3 is 12.0 Å². The first-order valence-electron chi connectivity index (χ1n) is 12.9. The standard InChI is InChI=1S/C28H36N4O4S/c1-6-31-22(17-30-12-13-32(20(5)16-30)26(33)23-9-8-14-37-23)24(27(34)36-7-2)25(29-28(31)35)21-15-18(3)10-11-19(21)4/h8-11,14-15,20,25H,6-7,12-13,16-17H2,1-5H3,(H,29,35). The van der Waals surface area contributed by atoms with Gasteiger partial charge in [-0.3, -0.25) is 14.6 Å². The fourth-order valence-electron chi connectivity index (χ4n) is 5.19. The number of carbonyl (C=O) groups excluding carboxylic acids is 3. The van der Waals surface area contributed by atoms with Gasteiger partial charge in [-0.1, -0.05) is 29.8 Å². The van der Waals surface area contributed by atoms with Crippen LogP contribution in [0.3, 0.4) is 0 Å². The van der Waals surface area contributed by atoms with Crippen molar-refractivity contribution in [2.45, 2.75) is 46.7 Å². The number of hydrogen-bond acceptors (Lipinski definition) is 6. The summed E-state index contributed by atoms with van der Waals surface area (Å²) in [6, 6.07) is 8.98. The zero-order chi connectivity index (χ0) is 26.7. The van der Waals surface area contributed by atoms with E-state index in [1.165, 1.54) is 11.3 Å². The molecular formula is C28H36N4O4S. The van der Waals surface area contributed by atoms with E-state index in [-0.39, 0.29) is 24.6 Å². The number of nitrogens with zero attached hydrogens (tertiary/aromatic N) is 3. The lowest BCUT2D eigenvalue weighted by atomic mass is 9.90. The highest BCUT2D eigenvalue weighted by Crippen LogP contribution is 2.34. The van der Waals surface area contributed by atoms with Crippen molar-refractivity contribution in [3.8, 4) is 0 Å². The van der Waals surface area contributed by atoms with E-state index in [9.17, 15) is 14.4 Å². The van der Waals surface area contributed by atoms with Crippen molar-refractivity contribution in [1.29, 1.82) is 0 Å². The van der Waals surface area contributed by atoms with Gasteiger partial charge in [0.2, 0.25) is 0 Å². The molecular weight excluding hydrogens is 488 g/mol. The number of carbonyl (C=O) groups is 3. The summed E-state index contributed by atoms with van der Waals surface area (Å²) < 4.78 is 5.52. The predicted octanol–water partition coefficient (Wildman–Crippen LogP) is 4.11. The Hall–Kier alpha value is -3.17. The molecule has 3 heterocycles. The molecule has 8 nitrogen and oxygen atoms in total. The van der Waals surface area contributed by atoms with Crippen LogP contribution in [-0.2, 0) is 9.53 Å². The molecule has 198 valence electrons. The summed E-state index contributed by atoms with van der Waals surface area (Å²) in [6.07, 6.45) is 0. The average molecular weight is 525 g/mol. The van der Waals surface area contributed by atoms with Crippen LogP contribution in [0, 0.1) is 13.8 Å². The monoisotopic (exact) mass is 524 g/mol. The van der Waals surface area contributed by atoms with E-state index in [1.54, 1.807) is 11.8 Å². The second-order valence-electron chi connectivity index (χ2n) is 9.63. The molecule has 1 fully saturated rings. The van der Waals surface area contributed by atoms with Crippen LogP contribution in [-0.4, -0.2) is 78.0 Å². The summed E-state index contributed by atoms with van der Waals surface area (Å²) in [6.45, 7) is 12.7. The predicted molar refractivity (Wildman–Crippen MR) is 144 cm³/mol. The Morgan fingerprint density at radius 3 is 2.59 bits per heavy atom. The van der Waals surface area contributed by atoms with Crippen molar-refractivity contribution < 1.29 is 19.1 Å². The lowest BCUT2D eigenvalue weighted by molar-refractivity contribution is -0.139. The lowest BCUT2D eigenvalue weighted by Crippen LogP contribution is -2.56. The minimum Gasteiger partial charge on any atom is -0.463 e. The quantitative estimate of drug-likeness (QED) is 0.551. The second-order valence-corrected chi connectivity index (χ2v) is 10.6. The van der Waals surface area contributed by atoms with Gasteiger partial charge in [0.05, 0.1) is 23.1 Å². The van der Waals surface area contributed by atoms with Crippen LogP contribution in [0.4, 0.5) is 4.79 Å². The molecule has 9 heteroatoms. The smallest absolute Gasteiger partial charge is 0.338 e. The highest BCUT2D eigenvalue weighted by atomic mass is 32.1. The first-order valence-corrected chi connectivity index (χ1v) is 13.7. The Morgan fingerprint density at radius 2 is 1.95 bits per heavy atom. The van der Waals surface area contributed by atoms with E-state index in [2.05, 4.69) is 10.2 Å². The summed E-state index contributed by atoms with van der Waals surface area (Å²) in [7, 11) is 0. The van der Waals surface area contributed by atoms with E-state index >= 15 is 0 Å². The molecule has 0 bridgehead atoms. The summed E-state index contributed by atoms with van der Waals surface area (Å²) in [4.78, 5) is 46.2. The maximum atomic E-state index is 13.4. The normalized spacial score (nSPS) is 20.7. The molecule has 2 unspecified atom stereocenters. The molecule has 0 spiro atoms. The van der Waals surface area contributed by atoms with Gasteiger partial charge in [0.25, 0.3) is 5.91 Å². The van der Waals surface area contributed by atoms with E-state index in [1.807, 2.05) is 68.3 Å². The molecule has 2 atom stereocenters. The van der Waals surface area contributed by atoms with E-state index in [0.717, 1.165) is 21.6 Å². The van der Waals surface area contributed by atoms with Crippen LogP contribution in [0.15, 0.2) is 47.0 Å². The Labute approximate surface area is 222 Å². The van der Waals surface area contributed by atoms with Gasteiger partial charge in [-0.15, -0.1) is 11.3 Å². The number of ether oxygens (including phenoxy) is 1. The van der Waals surface area contributed by atoms with Gasteiger partial charge in [0.1, 0.15) is 0 Å². The van der Waals surface area contributed by atoms with Crippen LogP contribution in [0.25, 0.3) is 0 Å². The molecule has 1 saturated heterocycles. The number of urea groups is 1. The number of amides is 3. The Balaban J connectivity index is 1.67. The second kappa shape index (κ2) is 11.5. The first-order chi connectivity index (χ1) is 17.7. The lowest BCUT2D eigenvalue weighted by Gasteiger charge is -2.43. The van der Waals surface area contributed by atoms with Gasteiger partial charge in [0, 0.05) is 44.5 Å². The Kier molecular flexibility index (Phi) is 8.34. The number of nitrogens with one attached hydrogen (secondary N) is 1. The molecule has 0 radical (unpaired) electrons. The van der Waals surface area contributed by atoms with Crippen LogP contribution >= 0.6 is 11.3 Å². The fraction of sp³-hybridized carbons (Fsp3) is 0.464. The third kappa shape index (κ3) is 5.57. The van der Waals surface area contributed by atoms with Gasteiger partial charge in [-0.05, 0) is 57.2 Å². The van der Waals surface area contributed by atoms with Gasteiger partial charge in [0.15, 0.2) is 0 Å². The zero-order valence-electron chi connectivity index (χ0n) is 22.2. The third-order valence-electron chi connectivity index (χ3n) is 7.07. The molecule has 1 aromatic carbocycles.